The smallest absolute Gasteiger partial charge is 0.269 e. The second kappa shape index (κ2) is 9.40. The van der Waals surface area contributed by atoms with Gasteiger partial charge in [0.05, 0.1) is 11.1 Å². The average molecular weight is 382 g/mol. The van der Waals surface area contributed by atoms with Gasteiger partial charge in [0, 0.05) is 17.7 Å². The maximum Gasteiger partial charge on any atom is 0.269 e. The number of non-ortho nitro benzene ring substituents is 1. The van der Waals surface area contributed by atoms with Crippen molar-refractivity contribution in [1.82, 2.24) is 10.7 Å². The van der Waals surface area contributed by atoms with Crippen molar-refractivity contribution in [2.45, 2.75) is 26.8 Å². The third kappa shape index (κ3) is 5.73. The van der Waals surface area contributed by atoms with Gasteiger partial charge < -0.3 is 5.32 Å². The number of rotatable bonds is 7. The molecule has 2 N–H and O–H groups in total. The molecule has 28 heavy (non-hydrogen) atoms. The molecule has 1 atom stereocenters. The van der Waals surface area contributed by atoms with Crippen LogP contribution >= 0.6 is 0 Å². The van der Waals surface area contributed by atoms with Gasteiger partial charge in [0.25, 0.3) is 17.5 Å². The van der Waals surface area contributed by atoms with Crippen molar-refractivity contribution in [1.29, 1.82) is 0 Å². The molecular weight excluding hydrogens is 360 g/mol. The molecule has 0 aromatic heterocycles. The molecule has 0 saturated heterocycles. The van der Waals surface area contributed by atoms with Crippen molar-refractivity contribution >= 4 is 23.7 Å². The Morgan fingerprint density at radius 2 is 1.82 bits per heavy atom. The SMILES string of the molecule is Cc1cccc(C(=O)N[C@H](C(=O)N/N=C/c2ccc([N+](=O)[O-])cc2)C(C)C)c1. The van der Waals surface area contributed by atoms with E-state index in [2.05, 4.69) is 15.8 Å². The normalized spacial score (nSPS) is 12.0. The molecule has 0 aliphatic rings. The molecular formula is C20H22N4O4. The number of amides is 2. The minimum Gasteiger partial charge on any atom is -0.340 e. The Hall–Kier alpha value is -3.55. The number of hydrazone groups is 1. The Kier molecular flexibility index (Phi) is 6.97. The second-order valence-corrected chi connectivity index (χ2v) is 6.65. The molecule has 0 spiro atoms. The molecule has 146 valence electrons. The van der Waals surface area contributed by atoms with Crippen LogP contribution in [0.4, 0.5) is 5.69 Å². The molecule has 0 aliphatic carbocycles. The van der Waals surface area contributed by atoms with Gasteiger partial charge in [-0.3, -0.25) is 19.7 Å². The van der Waals surface area contributed by atoms with Crippen molar-refractivity contribution in [2.24, 2.45) is 11.0 Å². The fourth-order valence-corrected chi connectivity index (χ4v) is 2.47. The minimum atomic E-state index is -0.762. The summed E-state index contributed by atoms with van der Waals surface area (Å²) in [6.07, 6.45) is 1.38. The quantitative estimate of drug-likeness (QED) is 0.435. The van der Waals surface area contributed by atoms with Crippen LogP contribution in [0.3, 0.4) is 0 Å². The van der Waals surface area contributed by atoms with E-state index in [9.17, 15) is 19.7 Å². The number of hydrogen-bond donors (Lipinski definition) is 2. The number of nitrogens with zero attached hydrogens (tertiary/aromatic N) is 2. The average Bonchev–Trinajstić information content (AvgIpc) is 2.65. The monoisotopic (exact) mass is 382 g/mol. The Morgan fingerprint density at radius 3 is 2.39 bits per heavy atom. The summed E-state index contributed by atoms with van der Waals surface area (Å²) in [7, 11) is 0. The predicted molar refractivity (Wildman–Crippen MR) is 106 cm³/mol. The standard InChI is InChI=1S/C20H22N4O4/c1-13(2)18(22-19(25)16-6-4-5-14(3)11-16)20(26)23-21-12-15-7-9-17(10-8-15)24(27)28/h4-13,18H,1-3H3,(H,22,25)(H,23,26)/b21-12+/t18-/m0/s1. The number of benzene rings is 2. The zero-order valence-corrected chi connectivity index (χ0v) is 15.9. The van der Waals surface area contributed by atoms with Gasteiger partial charge in [-0.2, -0.15) is 5.10 Å². The molecule has 0 aliphatic heterocycles. The first-order valence-electron chi connectivity index (χ1n) is 8.73. The number of hydrogen-bond acceptors (Lipinski definition) is 5. The van der Waals surface area contributed by atoms with Crippen LogP contribution in [0.15, 0.2) is 53.6 Å². The second-order valence-electron chi connectivity index (χ2n) is 6.65. The van der Waals surface area contributed by atoms with E-state index in [0.29, 0.717) is 11.1 Å². The van der Waals surface area contributed by atoms with Crippen LogP contribution in [-0.2, 0) is 4.79 Å². The maximum atomic E-state index is 12.4. The van der Waals surface area contributed by atoms with Gasteiger partial charge in [0.1, 0.15) is 6.04 Å². The van der Waals surface area contributed by atoms with Crippen molar-refractivity contribution in [3.63, 3.8) is 0 Å². The Labute approximate surface area is 162 Å². The van der Waals surface area contributed by atoms with E-state index in [1.54, 1.807) is 18.2 Å². The van der Waals surface area contributed by atoms with Gasteiger partial charge in [-0.05, 0) is 42.7 Å². The summed E-state index contributed by atoms with van der Waals surface area (Å²) >= 11 is 0. The van der Waals surface area contributed by atoms with Crippen molar-refractivity contribution in [3.05, 3.63) is 75.3 Å². The van der Waals surface area contributed by atoms with Gasteiger partial charge in [0.2, 0.25) is 0 Å². The number of nitro groups is 1. The van der Waals surface area contributed by atoms with Crippen LogP contribution in [0.2, 0.25) is 0 Å². The molecule has 0 fully saturated rings. The highest BCUT2D eigenvalue weighted by Gasteiger charge is 2.24. The molecule has 2 rings (SSSR count). The molecule has 0 radical (unpaired) electrons. The third-order valence-electron chi connectivity index (χ3n) is 4.01. The van der Waals surface area contributed by atoms with Crippen LogP contribution in [-0.4, -0.2) is 29.0 Å². The molecule has 0 saturated carbocycles. The van der Waals surface area contributed by atoms with E-state index < -0.39 is 16.9 Å². The van der Waals surface area contributed by atoms with Gasteiger partial charge >= 0.3 is 0 Å². The first kappa shape index (κ1) is 20.8. The summed E-state index contributed by atoms with van der Waals surface area (Å²) in [5, 5.41) is 17.2. The van der Waals surface area contributed by atoms with Gasteiger partial charge in [0.15, 0.2) is 0 Å². The topological polar surface area (TPSA) is 114 Å². The summed E-state index contributed by atoms with van der Waals surface area (Å²) in [6.45, 7) is 5.53. The lowest BCUT2D eigenvalue weighted by atomic mass is 10.0. The van der Waals surface area contributed by atoms with Crippen LogP contribution in [0.5, 0.6) is 0 Å². The van der Waals surface area contributed by atoms with Gasteiger partial charge in [-0.15, -0.1) is 0 Å². The van der Waals surface area contributed by atoms with Gasteiger partial charge in [-0.1, -0.05) is 31.5 Å². The molecule has 8 heteroatoms. The van der Waals surface area contributed by atoms with E-state index in [0.717, 1.165) is 5.56 Å². The first-order valence-corrected chi connectivity index (χ1v) is 8.73. The molecule has 8 nitrogen and oxygen atoms in total. The van der Waals surface area contributed by atoms with E-state index in [-0.39, 0.29) is 17.5 Å². The minimum absolute atomic E-state index is 0.0279. The fraction of sp³-hybridized carbons (Fsp3) is 0.250. The Balaban J connectivity index is 2.00. The highest BCUT2D eigenvalue weighted by atomic mass is 16.6. The van der Waals surface area contributed by atoms with Crippen LogP contribution in [0.1, 0.15) is 35.3 Å². The first-order chi connectivity index (χ1) is 13.3. The van der Waals surface area contributed by atoms with Crippen molar-refractivity contribution in [3.8, 4) is 0 Å². The fourth-order valence-electron chi connectivity index (χ4n) is 2.47. The van der Waals surface area contributed by atoms with Crippen molar-refractivity contribution in [2.75, 3.05) is 0 Å². The molecule has 2 aromatic rings. The van der Waals surface area contributed by atoms with E-state index in [4.69, 9.17) is 0 Å². The summed E-state index contributed by atoms with van der Waals surface area (Å²) in [5.41, 5.74) is 4.39. The van der Waals surface area contributed by atoms with Gasteiger partial charge in [-0.25, -0.2) is 5.43 Å². The van der Waals surface area contributed by atoms with Crippen molar-refractivity contribution < 1.29 is 14.5 Å². The molecule has 0 heterocycles. The van der Waals surface area contributed by atoms with E-state index >= 15 is 0 Å². The highest BCUT2D eigenvalue weighted by molar-refractivity contribution is 5.97. The number of nitrogens with one attached hydrogen (secondary N) is 2. The lowest BCUT2D eigenvalue weighted by Gasteiger charge is -2.20. The summed E-state index contributed by atoms with van der Waals surface area (Å²) < 4.78 is 0. The van der Waals surface area contributed by atoms with Crippen LogP contribution in [0, 0.1) is 23.0 Å². The van der Waals surface area contributed by atoms with Crippen LogP contribution in [0.25, 0.3) is 0 Å². The highest BCUT2D eigenvalue weighted by Crippen LogP contribution is 2.11. The number of aryl methyl sites for hydroxylation is 1. The van der Waals surface area contributed by atoms with Crippen LogP contribution < -0.4 is 10.7 Å². The maximum absolute atomic E-state index is 12.4. The summed E-state index contributed by atoms with van der Waals surface area (Å²) in [4.78, 5) is 35.0. The molecule has 0 bridgehead atoms. The molecule has 2 amide bonds. The third-order valence-corrected chi connectivity index (χ3v) is 4.01. The predicted octanol–water partition coefficient (Wildman–Crippen LogP) is 2.81. The number of carbonyl (C=O) groups excluding carboxylic acids is 2. The summed E-state index contributed by atoms with van der Waals surface area (Å²) in [5.74, 6) is -0.936. The Bertz CT molecular complexity index is 891. The Morgan fingerprint density at radius 1 is 1.14 bits per heavy atom. The lowest BCUT2D eigenvalue weighted by molar-refractivity contribution is -0.384. The number of nitro benzene ring substituents is 1. The lowest BCUT2D eigenvalue weighted by Crippen LogP contribution is -2.48. The van der Waals surface area contributed by atoms with E-state index in [1.807, 2.05) is 26.8 Å². The number of carbonyl (C=O) groups is 2. The zero-order valence-electron chi connectivity index (χ0n) is 15.9. The molecule has 2 aromatic carbocycles. The largest absolute Gasteiger partial charge is 0.340 e. The molecule has 0 unspecified atom stereocenters. The summed E-state index contributed by atoms with van der Waals surface area (Å²) in [6, 6.07) is 12.1. The zero-order chi connectivity index (χ0) is 20.7. The van der Waals surface area contributed by atoms with E-state index in [1.165, 1.54) is 30.5 Å².